The summed E-state index contributed by atoms with van der Waals surface area (Å²) in [4.78, 5) is 20.0. The molecule has 0 saturated heterocycles. The van der Waals surface area contributed by atoms with Crippen molar-refractivity contribution in [1.82, 2.24) is 9.97 Å². The Kier molecular flexibility index (Phi) is 5.08. The summed E-state index contributed by atoms with van der Waals surface area (Å²) >= 11 is 10.1. The van der Waals surface area contributed by atoms with Crippen molar-refractivity contribution in [3.05, 3.63) is 43.6 Å². The lowest BCUT2D eigenvalue weighted by Crippen LogP contribution is -2.16. The molecule has 1 aromatic carbocycles. The van der Waals surface area contributed by atoms with Gasteiger partial charge in [-0.05, 0) is 44.0 Å². The number of hydrogen-bond acceptors (Lipinski definition) is 5. The number of carbonyl (C=O) groups is 1. The van der Waals surface area contributed by atoms with Crippen LogP contribution in [0.2, 0.25) is 0 Å². The van der Waals surface area contributed by atoms with Crippen molar-refractivity contribution in [2.24, 2.45) is 5.84 Å². The third-order valence-electron chi connectivity index (χ3n) is 2.28. The number of anilines is 2. The predicted molar refractivity (Wildman–Crippen MR) is 87.3 cm³/mol. The normalized spacial score (nSPS) is 10.2. The summed E-state index contributed by atoms with van der Waals surface area (Å²) in [5.74, 6) is 5.19. The first-order chi connectivity index (χ1) is 9.51. The first-order valence-electron chi connectivity index (χ1n) is 5.26. The van der Waals surface area contributed by atoms with Crippen LogP contribution in [0.1, 0.15) is 10.5 Å². The molecule has 2 aromatic rings. The maximum absolute atomic E-state index is 12.1. The van der Waals surface area contributed by atoms with Gasteiger partial charge in [0.1, 0.15) is 5.69 Å². The minimum Gasteiger partial charge on any atom is -0.319 e. The molecule has 1 aromatic heterocycles. The second-order valence-corrected chi connectivity index (χ2v) is 6.25. The monoisotopic (exact) mass is 463 g/mol. The maximum atomic E-state index is 12.1. The zero-order chi connectivity index (χ0) is 14.7. The van der Waals surface area contributed by atoms with Crippen LogP contribution in [0, 0.1) is 0 Å². The lowest BCUT2D eigenvalue weighted by Gasteiger charge is -2.10. The van der Waals surface area contributed by atoms with Crippen LogP contribution in [0.25, 0.3) is 0 Å². The van der Waals surface area contributed by atoms with E-state index in [4.69, 9.17) is 5.84 Å². The lowest BCUT2D eigenvalue weighted by molar-refractivity contribution is 0.102. The SMILES string of the molecule is NNc1cnc(C(=O)Nc2c(Br)cc(Br)cc2Br)cn1. The second-order valence-electron chi connectivity index (χ2n) is 3.63. The number of nitrogens with zero attached hydrogens (tertiary/aromatic N) is 2. The number of hydrogen-bond donors (Lipinski definition) is 3. The van der Waals surface area contributed by atoms with Crippen molar-refractivity contribution in [2.45, 2.75) is 0 Å². The smallest absolute Gasteiger partial charge is 0.275 e. The Hall–Kier alpha value is -1.03. The molecule has 104 valence electrons. The first kappa shape index (κ1) is 15.4. The van der Waals surface area contributed by atoms with E-state index in [-0.39, 0.29) is 11.6 Å². The van der Waals surface area contributed by atoms with Crippen molar-refractivity contribution in [1.29, 1.82) is 0 Å². The van der Waals surface area contributed by atoms with Crippen LogP contribution in [0.4, 0.5) is 11.5 Å². The van der Waals surface area contributed by atoms with E-state index in [9.17, 15) is 4.79 Å². The molecule has 0 unspecified atom stereocenters. The molecule has 20 heavy (non-hydrogen) atoms. The third-order valence-corrected chi connectivity index (χ3v) is 3.99. The van der Waals surface area contributed by atoms with Gasteiger partial charge in [0.25, 0.3) is 5.91 Å². The molecule has 0 aliphatic rings. The molecule has 1 heterocycles. The van der Waals surface area contributed by atoms with Gasteiger partial charge in [0.05, 0.1) is 18.1 Å². The molecule has 0 saturated carbocycles. The number of amides is 1. The summed E-state index contributed by atoms with van der Waals surface area (Å²) in [6.45, 7) is 0. The summed E-state index contributed by atoms with van der Waals surface area (Å²) in [5.41, 5.74) is 3.14. The number of nitrogens with one attached hydrogen (secondary N) is 2. The summed E-state index contributed by atoms with van der Waals surface area (Å²) in [5, 5.41) is 2.75. The molecule has 0 aliphatic heterocycles. The van der Waals surface area contributed by atoms with Gasteiger partial charge in [-0.3, -0.25) is 4.79 Å². The van der Waals surface area contributed by atoms with Gasteiger partial charge in [0.15, 0.2) is 5.82 Å². The first-order valence-corrected chi connectivity index (χ1v) is 7.63. The fourth-order valence-electron chi connectivity index (χ4n) is 1.36. The predicted octanol–water partition coefficient (Wildman–Crippen LogP) is 3.30. The van der Waals surface area contributed by atoms with Crippen molar-refractivity contribution >= 4 is 65.2 Å². The van der Waals surface area contributed by atoms with E-state index in [0.29, 0.717) is 11.5 Å². The molecule has 0 bridgehead atoms. The zero-order valence-corrected chi connectivity index (χ0v) is 14.6. The summed E-state index contributed by atoms with van der Waals surface area (Å²) in [6, 6.07) is 3.65. The highest BCUT2D eigenvalue weighted by Crippen LogP contribution is 2.34. The quantitative estimate of drug-likeness (QED) is 0.477. The van der Waals surface area contributed by atoms with Gasteiger partial charge in [0.2, 0.25) is 0 Å². The topological polar surface area (TPSA) is 92.9 Å². The maximum Gasteiger partial charge on any atom is 0.275 e. The highest BCUT2D eigenvalue weighted by Gasteiger charge is 2.13. The summed E-state index contributed by atoms with van der Waals surface area (Å²) in [7, 11) is 0. The van der Waals surface area contributed by atoms with E-state index in [0.717, 1.165) is 13.4 Å². The number of hydrazine groups is 1. The Bertz CT molecular complexity index is 624. The largest absolute Gasteiger partial charge is 0.319 e. The van der Waals surface area contributed by atoms with Gasteiger partial charge in [-0.2, -0.15) is 0 Å². The Morgan fingerprint density at radius 3 is 2.25 bits per heavy atom. The van der Waals surface area contributed by atoms with E-state index in [2.05, 4.69) is 68.5 Å². The van der Waals surface area contributed by atoms with E-state index in [1.807, 2.05) is 12.1 Å². The highest BCUT2D eigenvalue weighted by molar-refractivity contribution is 9.11. The molecule has 0 aliphatic carbocycles. The van der Waals surface area contributed by atoms with Crippen LogP contribution in [0.3, 0.4) is 0 Å². The summed E-state index contributed by atoms with van der Waals surface area (Å²) < 4.78 is 2.35. The van der Waals surface area contributed by atoms with Crippen LogP contribution >= 0.6 is 47.8 Å². The lowest BCUT2D eigenvalue weighted by atomic mass is 10.3. The third kappa shape index (κ3) is 3.54. The molecule has 4 N–H and O–H groups in total. The van der Waals surface area contributed by atoms with Crippen LogP contribution in [-0.2, 0) is 0 Å². The van der Waals surface area contributed by atoms with Crippen molar-refractivity contribution in [2.75, 3.05) is 10.7 Å². The number of benzene rings is 1. The molecule has 0 atom stereocenters. The Labute approximate surface area is 139 Å². The van der Waals surface area contributed by atoms with Crippen LogP contribution < -0.4 is 16.6 Å². The molecule has 0 fully saturated rings. The number of halogens is 3. The Morgan fingerprint density at radius 2 is 1.75 bits per heavy atom. The van der Waals surface area contributed by atoms with E-state index < -0.39 is 0 Å². The van der Waals surface area contributed by atoms with E-state index in [1.165, 1.54) is 12.4 Å². The van der Waals surface area contributed by atoms with Crippen molar-refractivity contribution in [3.8, 4) is 0 Å². The zero-order valence-electron chi connectivity index (χ0n) is 9.82. The van der Waals surface area contributed by atoms with Gasteiger partial charge in [0, 0.05) is 13.4 Å². The van der Waals surface area contributed by atoms with Crippen molar-refractivity contribution < 1.29 is 4.79 Å². The highest BCUT2D eigenvalue weighted by atomic mass is 79.9. The van der Waals surface area contributed by atoms with Gasteiger partial charge >= 0.3 is 0 Å². The standard InChI is InChI=1S/C11H8Br3N5O/c12-5-1-6(13)10(7(14)2-5)18-11(20)8-3-17-9(19-15)4-16-8/h1-4H,15H2,(H,17,19)(H,18,20). The van der Waals surface area contributed by atoms with E-state index in [1.54, 1.807) is 0 Å². The average molecular weight is 466 g/mol. The Morgan fingerprint density at radius 1 is 1.10 bits per heavy atom. The van der Waals surface area contributed by atoms with Crippen LogP contribution in [0.15, 0.2) is 37.9 Å². The molecular weight excluding hydrogens is 458 g/mol. The minimum absolute atomic E-state index is 0.186. The number of aromatic nitrogens is 2. The van der Waals surface area contributed by atoms with Gasteiger partial charge in [-0.15, -0.1) is 0 Å². The van der Waals surface area contributed by atoms with Gasteiger partial charge < -0.3 is 10.7 Å². The van der Waals surface area contributed by atoms with Crippen molar-refractivity contribution in [3.63, 3.8) is 0 Å². The fourth-order valence-corrected chi connectivity index (χ4v) is 3.82. The second kappa shape index (κ2) is 6.61. The molecule has 0 spiro atoms. The van der Waals surface area contributed by atoms with Gasteiger partial charge in [-0.25, -0.2) is 15.8 Å². The number of nitrogens with two attached hydrogens (primary N) is 1. The van der Waals surface area contributed by atoms with E-state index >= 15 is 0 Å². The molecule has 6 nitrogen and oxygen atoms in total. The number of nitrogen functional groups attached to an aromatic ring is 1. The summed E-state index contributed by atoms with van der Waals surface area (Å²) in [6.07, 6.45) is 2.71. The molecule has 0 radical (unpaired) electrons. The fraction of sp³-hybridized carbons (Fsp3) is 0. The average Bonchev–Trinajstić information content (AvgIpc) is 2.42. The molecule has 1 amide bonds. The minimum atomic E-state index is -0.371. The number of carbonyl (C=O) groups excluding carboxylic acids is 1. The van der Waals surface area contributed by atoms with Crippen LogP contribution in [0.5, 0.6) is 0 Å². The Balaban J connectivity index is 2.23. The molecule has 2 rings (SSSR count). The molecule has 9 heteroatoms. The van der Waals surface area contributed by atoms with Gasteiger partial charge in [-0.1, -0.05) is 15.9 Å². The number of rotatable bonds is 3. The van der Waals surface area contributed by atoms with Crippen LogP contribution in [-0.4, -0.2) is 15.9 Å². The molecular formula is C11H8Br3N5O.